The highest BCUT2D eigenvalue weighted by atomic mass is 79.9. The number of phenolic OH excluding ortho intramolecular Hbond substituents is 1. The van der Waals surface area contributed by atoms with Crippen LogP contribution in [-0.4, -0.2) is 43.3 Å². The van der Waals surface area contributed by atoms with E-state index in [4.69, 9.17) is 4.74 Å². The smallest absolute Gasteiger partial charge is 0.163 e. The van der Waals surface area contributed by atoms with Crippen LogP contribution < -0.4 is 10.1 Å². The van der Waals surface area contributed by atoms with Gasteiger partial charge in [0.2, 0.25) is 0 Å². The van der Waals surface area contributed by atoms with Crippen molar-refractivity contribution in [3.05, 3.63) is 21.7 Å². The van der Waals surface area contributed by atoms with Gasteiger partial charge in [0.1, 0.15) is 0 Å². The van der Waals surface area contributed by atoms with Gasteiger partial charge in [0.05, 0.1) is 7.11 Å². The number of methoxy groups -OCH3 is 1. The lowest BCUT2D eigenvalue weighted by Gasteiger charge is -2.28. The lowest BCUT2D eigenvalue weighted by molar-refractivity contribution is 0.229. The minimum absolute atomic E-state index is 0.244. The van der Waals surface area contributed by atoms with Crippen LogP contribution in [0.2, 0.25) is 0 Å². The molecule has 1 aromatic carbocycles. The molecular weight excluding hydrogens is 296 g/mol. The van der Waals surface area contributed by atoms with Crippen LogP contribution in [0.3, 0.4) is 0 Å². The Morgan fingerprint density at radius 1 is 1.44 bits per heavy atom. The van der Waals surface area contributed by atoms with Crippen molar-refractivity contribution in [2.24, 2.45) is 0 Å². The van der Waals surface area contributed by atoms with E-state index in [-0.39, 0.29) is 5.75 Å². The van der Waals surface area contributed by atoms with Crippen molar-refractivity contribution in [2.45, 2.75) is 13.5 Å². The van der Waals surface area contributed by atoms with Crippen LogP contribution in [0.5, 0.6) is 11.5 Å². The SMILES string of the molecule is COc1cc(C)c(Br)c(CN2CCNCC2)c1O. The Hall–Kier alpha value is -0.780. The molecule has 1 saturated heterocycles. The summed E-state index contributed by atoms with van der Waals surface area (Å²) in [6.07, 6.45) is 0. The van der Waals surface area contributed by atoms with Gasteiger partial charge >= 0.3 is 0 Å². The average molecular weight is 315 g/mol. The Bertz CT molecular complexity index is 431. The summed E-state index contributed by atoms with van der Waals surface area (Å²) in [7, 11) is 1.58. The second kappa shape index (κ2) is 5.91. The van der Waals surface area contributed by atoms with Crippen molar-refractivity contribution in [1.29, 1.82) is 0 Å². The minimum atomic E-state index is 0.244. The van der Waals surface area contributed by atoms with Crippen molar-refractivity contribution >= 4 is 15.9 Å². The number of nitrogens with one attached hydrogen (secondary N) is 1. The van der Waals surface area contributed by atoms with Gasteiger partial charge in [0.15, 0.2) is 11.5 Å². The topological polar surface area (TPSA) is 44.7 Å². The summed E-state index contributed by atoms with van der Waals surface area (Å²) in [5.41, 5.74) is 1.99. The molecule has 0 spiro atoms. The van der Waals surface area contributed by atoms with Gasteiger partial charge in [-0.15, -0.1) is 0 Å². The molecule has 0 bridgehead atoms. The number of rotatable bonds is 3. The summed E-state index contributed by atoms with van der Waals surface area (Å²) in [5.74, 6) is 0.786. The third kappa shape index (κ3) is 2.79. The highest BCUT2D eigenvalue weighted by Crippen LogP contribution is 2.38. The molecule has 0 atom stereocenters. The second-order valence-corrected chi connectivity index (χ2v) is 5.36. The molecule has 2 N–H and O–H groups in total. The molecule has 0 aliphatic carbocycles. The molecule has 100 valence electrons. The Labute approximate surface area is 116 Å². The fourth-order valence-electron chi connectivity index (χ4n) is 2.21. The van der Waals surface area contributed by atoms with Gasteiger partial charge in [-0.25, -0.2) is 0 Å². The van der Waals surface area contributed by atoms with Crippen LogP contribution in [0.15, 0.2) is 10.5 Å². The van der Waals surface area contributed by atoms with Gasteiger partial charge < -0.3 is 15.2 Å². The number of hydrogen-bond acceptors (Lipinski definition) is 4. The maximum absolute atomic E-state index is 10.2. The van der Waals surface area contributed by atoms with Gasteiger partial charge in [-0.05, 0) is 18.6 Å². The van der Waals surface area contributed by atoms with E-state index in [1.807, 2.05) is 13.0 Å². The molecule has 1 aliphatic heterocycles. The number of ether oxygens (including phenoxy) is 1. The Kier molecular flexibility index (Phi) is 4.48. The number of aryl methyl sites for hydroxylation is 1. The molecule has 18 heavy (non-hydrogen) atoms. The van der Waals surface area contributed by atoms with Gasteiger partial charge in [-0.1, -0.05) is 15.9 Å². The molecule has 0 radical (unpaired) electrons. The van der Waals surface area contributed by atoms with Gasteiger partial charge in [0, 0.05) is 42.8 Å². The maximum atomic E-state index is 10.2. The number of benzene rings is 1. The molecule has 0 saturated carbocycles. The number of halogens is 1. The Balaban J connectivity index is 2.27. The molecule has 0 amide bonds. The third-order valence-electron chi connectivity index (χ3n) is 3.29. The van der Waals surface area contributed by atoms with Gasteiger partial charge in [0.25, 0.3) is 0 Å². The molecule has 2 rings (SSSR count). The zero-order valence-corrected chi connectivity index (χ0v) is 12.4. The van der Waals surface area contributed by atoms with E-state index in [0.29, 0.717) is 5.75 Å². The van der Waals surface area contributed by atoms with Crippen LogP contribution in [0, 0.1) is 6.92 Å². The molecular formula is C13H19BrN2O2. The zero-order valence-electron chi connectivity index (χ0n) is 10.8. The van der Waals surface area contributed by atoms with E-state index < -0.39 is 0 Å². The molecule has 1 fully saturated rings. The second-order valence-electron chi connectivity index (χ2n) is 4.56. The predicted octanol–water partition coefficient (Wildman–Crippen LogP) is 1.88. The maximum Gasteiger partial charge on any atom is 0.163 e. The molecule has 5 heteroatoms. The fourth-order valence-corrected chi connectivity index (χ4v) is 2.64. The first-order valence-corrected chi connectivity index (χ1v) is 6.90. The molecule has 4 nitrogen and oxygen atoms in total. The lowest BCUT2D eigenvalue weighted by atomic mass is 10.1. The van der Waals surface area contributed by atoms with Crippen molar-refractivity contribution < 1.29 is 9.84 Å². The number of phenols is 1. The van der Waals surface area contributed by atoms with Gasteiger partial charge in [-0.3, -0.25) is 4.90 Å². The number of aromatic hydroxyl groups is 1. The summed E-state index contributed by atoms with van der Waals surface area (Å²) < 4.78 is 6.18. The third-order valence-corrected chi connectivity index (χ3v) is 4.39. The Morgan fingerprint density at radius 2 is 2.11 bits per heavy atom. The summed E-state index contributed by atoms with van der Waals surface area (Å²) in [6.45, 7) is 6.76. The first-order chi connectivity index (χ1) is 8.63. The van der Waals surface area contributed by atoms with Crippen LogP contribution >= 0.6 is 15.9 Å². The molecule has 1 aliphatic rings. The fraction of sp³-hybridized carbons (Fsp3) is 0.538. The lowest BCUT2D eigenvalue weighted by Crippen LogP contribution is -2.42. The molecule has 1 aromatic rings. The number of nitrogens with zero attached hydrogens (tertiary/aromatic N) is 1. The van der Waals surface area contributed by atoms with Crippen LogP contribution in [-0.2, 0) is 6.54 Å². The van der Waals surface area contributed by atoms with E-state index in [1.165, 1.54) is 0 Å². The quantitative estimate of drug-likeness (QED) is 0.894. The summed E-state index contributed by atoms with van der Waals surface area (Å²) >= 11 is 3.56. The van der Waals surface area contributed by atoms with Crippen LogP contribution in [0.1, 0.15) is 11.1 Å². The first-order valence-electron chi connectivity index (χ1n) is 6.11. The average Bonchev–Trinajstić information content (AvgIpc) is 2.40. The predicted molar refractivity (Wildman–Crippen MR) is 75.2 cm³/mol. The zero-order chi connectivity index (χ0) is 13.1. The largest absolute Gasteiger partial charge is 0.504 e. The summed E-state index contributed by atoms with van der Waals surface area (Å²) in [5, 5.41) is 13.6. The van der Waals surface area contributed by atoms with Crippen molar-refractivity contribution in [3.63, 3.8) is 0 Å². The summed E-state index contributed by atoms with van der Waals surface area (Å²) in [6, 6.07) is 1.85. The van der Waals surface area contributed by atoms with Crippen LogP contribution in [0.4, 0.5) is 0 Å². The van der Waals surface area contributed by atoms with E-state index in [1.54, 1.807) is 7.11 Å². The summed E-state index contributed by atoms with van der Waals surface area (Å²) in [4.78, 5) is 2.33. The van der Waals surface area contributed by atoms with Gasteiger partial charge in [-0.2, -0.15) is 0 Å². The molecule has 0 aromatic heterocycles. The van der Waals surface area contributed by atoms with Crippen molar-refractivity contribution in [3.8, 4) is 11.5 Å². The number of piperazine rings is 1. The highest BCUT2D eigenvalue weighted by molar-refractivity contribution is 9.10. The normalized spacial score (nSPS) is 16.8. The van der Waals surface area contributed by atoms with E-state index in [2.05, 4.69) is 26.1 Å². The highest BCUT2D eigenvalue weighted by Gasteiger charge is 2.18. The van der Waals surface area contributed by atoms with E-state index in [0.717, 1.165) is 48.3 Å². The van der Waals surface area contributed by atoms with E-state index in [9.17, 15) is 5.11 Å². The monoisotopic (exact) mass is 314 g/mol. The standard InChI is InChI=1S/C13H19BrN2O2/c1-9-7-11(18-2)13(17)10(12(9)14)8-16-5-3-15-4-6-16/h7,15,17H,3-6,8H2,1-2H3. The van der Waals surface area contributed by atoms with Crippen molar-refractivity contribution in [1.82, 2.24) is 10.2 Å². The molecule has 1 heterocycles. The molecule has 0 unspecified atom stereocenters. The van der Waals surface area contributed by atoms with Crippen LogP contribution in [0.25, 0.3) is 0 Å². The van der Waals surface area contributed by atoms with E-state index >= 15 is 0 Å². The number of hydrogen-bond donors (Lipinski definition) is 2. The Morgan fingerprint density at radius 3 is 2.72 bits per heavy atom. The minimum Gasteiger partial charge on any atom is -0.504 e. The first kappa shape index (κ1) is 13.6. The van der Waals surface area contributed by atoms with Crippen molar-refractivity contribution in [2.75, 3.05) is 33.3 Å².